The quantitative estimate of drug-likeness (QED) is 0.597. The lowest BCUT2D eigenvalue weighted by Gasteiger charge is -2.39. The van der Waals surface area contributed by atoms with E-state index in [0.717, 1.165) is 67.5 Å². The van der Waals surface area contributed by atoms with Gasteiger partial charge in [0.1, 0.15) is 11.6 Å². The van der Waals surface area contributed by atoms with Crippen molar-refractivity contribution in [3.8, 4) is 22.6 Å². The first-order chi connectivity index (χ1) is 14.7. The predicted molar refractivity (Wildman–Crippen MR) is 122 cm³/mol. The monoisotopic (exact) mass is 425 g/mol. The molecule has 3 heterocycles. The van der Waals surface area contributed by atoms with Crippen molar-refractivity contribution >= 4 is 17.4 Å². The van der Waals surface area contributed by atoms with Crippen LogP contribution >= 0.6 is 11.6 Å². The van der Waals surface area contributed by atoms with Gasteiger partial charge in [0.2, 0.25) is 0 Å². The molecule has 1 unspecified atom stereocenters. The number of halogens is 1. The first kappa shape index (κ1) is 20.8. The van der Waals surface area contributed by atoms with E-state index in [1.807, 2.05) is 42.7 Å². The zero-order chi connectivity index (χ0) is 20.9. The highest BCUT2D eigenvalue weighted by Gasteiger charge is 2.23. The van der Waals surface area contributed by atoms with Gasteiger partial charge in [0.25, 0.3) is 0 Å². The number of rotatable bonds is 7. The van der Waals surface area contributed by atoms with Crippen LogP contribution in [0.2, 0.25) is 5.02 Å². The molecule has 0 amide bonds. The van der Waals surface area contributed by atoms with Gasteiger partial charge in [0, 0.05) is 61.2 Å². The molecule has 7 heteroatoms. The van der Waals surface area contributed by atoms with Crippen molar-refractivity contribution in [2.75, 3.05) is 37.7 Å². The summed E-state index contributed by atoms with van der Waals surface area (Å²) in [5.74, 6) is 1.80. The molecule has 0 saturated carbocycles. The van der Waals surface area contributed by atoms with Gasteiger partial charge in [-0.25, -0.2) is 9.97 Å². The van der Waals surface area contributed by atoms with Gasteiger partial charge in [0.05, 0.1) is 11.9 Å². The summed E-state index contributed by atoms with van der Waals surface area (Å²) in [6, 6.07) is 12.3. The number of hydrogen-bond donors (Lipinski definition) is 2. The molecule has 1 fully saturated rings. The van der Waals surface area contributed by atoms with Crippen LogP contribution in [0.1, 0.15) is 19.8 Å². The number of aliphatic hydroxyl groups is 1. The number of nitrogens with zero attached hydrogens (tertiary/aromatic N) is 4. The Morgan fingerprint density at radius 3 is 2.67 bits per heavy atom. The standard InChI is InChI=1S/C23H28ClN5O/c1-2-20(7-13-30)28-9-11-29(12-10-28)22-15-18(6-8-25-22)23-26-16-21(27-23)17-4-3-5-19(24)14-17/h3-6,8,14-16,20,30H,2,7,9-13H2,1H3,(H,26,27). The SMILES string of the molecule is CCC(CCO)N1CCN(c2cc(-c3ncc(-c4cccc(Cl)c4)[nH]3)ccn2)CC1. The Bertz CT molecular complexity index is 967. The third kappa shape index (κ3) is 4.67. The molecule has 30 heavy (non-hydrogen) atoms. The number of hydrogen-bond acceptors (Lipinski definition) is 5. The molecule has 2 aromatic heterocycles. The van der Waals surface area contributed by atoms with Crippen LogP contribution in [0.4, 0.5) is 5.82 Å². The molecule has 0 bridgehead atoms. The summed E-state index contributed by atoms with van der Waals surface area (Å²) < 4.78 is 0. The summed E-state index contributed by atoms with van der Waals surface area (Å²) in [7, 11) is 0. The van der Waals surface area contributed by atoms with Crippen LogP contribution in [0.5, 0.6) is 0 Å². The van der Waals surface area contributed by atoms with Crippen LogP contribution in [-0.2, 0) is 0 Å². The minimum Gasteiger partial charge on any atom is -0.396 e. The molecule has 3 aromatic rings. The van der Waals surface area contributed by atoms with Crippen LogP contribution in [-0.4, -0.2) is 63.8 Å². The van der Waals surface area contributed by atoms with Crippen molar-refractivity contribution in [1.82, 2.24) is 19.9 Å². The molecule has 1 saturated heterocycles. The summed E-state index contributed by atoms with van der Waals surface area (Å²) >= 11 is 6.12. The fourth-order valence-electron chi connectivity index (χ4n) is 4.12. The van der Waals surface area contributed by atoms with E-state index >= 15 is 0 Å². The average molecular weight is 426 g/mol. The van der Waals surface area contributed by atoms with Gasteiger partial charge in [-0.2, -0.15) is 0 Å². The van der Waals surface area contributed by atoms with Gasteiger partial charge in [-0.3, -0.25) is 4.90 Å². The molecule has 4 rings (SSSR count). The number of piperazine rings is 1. The number of imidazole rings is 1. The number of aromatic amines is 1. The summed E-state index contributed by atoms with van der Waals surface area (Å²) in [5.41, 5.74) is 2.97. The highest BCUT2D eigenvalue weighted by Crippen LogP contribution is 2.26. The molecule has 2 N–H and O–H groups in total. The van der Waals surface area contributed by atoms with Crippen LogP contribution in [0.15, 0.2) is 48.8 Å². The van der Waals surface area contributed by atoms with E-state index < -0.39 is 0 Å². The summed E-state index contributed by atoms with van der Waals surface area (Å²) in [6.45, 7) is 6.30. The third-order valence-corrected chi connectivity index (χ3v) is 6.05. The van der Waals surface area contributed by atoms with E-state index in [-0.39, 0.29) is 6.61 Å². The lowest BCUT2D eigenvalue weighted by molar-refractivity contribution is 0.145. The minimum absolute atomic E-state index is 0.253. The van der Waals surface area contributed by atoms with E-state index in [9.17, 15) is 5.11 Å². The topological polar surface area (TPSA) is 68.3 Å². The summed E-state index contributed by atoms with van der Waals surface area (Å²) in [5, 5.41) is 10.00. The minimum atomic E-state index is 0.253. The molecule has 1 aliphatic heterocycles. The molecule has 1 aliphatic rings. The zero-order valence-corrected chi connectivity index (χ0v) is 18.0. The fraction of sp³-hybridized carbons (Fsp3) is 0.391. The van der Waals surface area contributed by atoms with Gasteiger partial charge in [-0.1, -0.05) is 30.7 Å². The van der Waals surface area contributed by atoms with E-state index in [1.54, 1.807) is 0 Å². The van der Waals surface area contributed by atoms with Gasteiger partial charge in [-0.15, -0.1) is 0 Å². The zero-order valence-electron chi connectivity index (χ0n) is 17.3. The Kier molecular flexibility index (Phi) is 6.67. The lowest BCUT2D eigenvalue weighted by atomic mass is 10.1. The first-order valence-electron chi connectivity index (χ1n) is 10.5. The Morgan fingerprint density at radius 2 is 1.93 bits per heavy atom. The maximum atomic E-state index is 9.29. The number of pyridine rings is 1. The van der Waals surface area contributed by atoms with E-state index in [4.69, 9.17) is 11.6 Å². The second-order valence-corrected chi connectivity index (χ2v) is 8.09. The van der Waals surface area contributed by atoms with E-state index in [1.165, 1.54) is 0 Å². The van der Waals surface area contributed by atoms with Gasteiger partial charge < -0.3 is 15.0 Å². The third-order valence-electron chi connectivity index (χ3n) is 5.82. The van der Waals surface area contributed by atoms with Crippen molar-refractivity contribution in [2.24, 2.45) is 0 Å². The van der Waals surface area contributed by atoms with Crippen molar-refractivity contribution < 1.29 is 5.11 Å². The number of nitrogens with one attached hydrogen (secondary N) is 1. The second-order valence-electron chi connectivity index (χ2n) is 7.66. The molecule has 158 valence electrons. The molecule has 0 spiro atoms. The van der Waals surface area contributed by atoms with Crippen molar-refractivity contribution in [3.63, 3.8) is 0 Å². The normalized spacial score (nSPS) is 16.0. The van der Waals surface area contributed by atoms with Crippen molar-refractivity contribution in [2.45, 2.75) is 25.8 Å². The Labute approximate surface area is 182 Å². The second kappa shape index (κ2) is 9.60. The maximum absolute atomic E-state index is 9.29. The van der Waals surface area contributed by atoms with E-state index in [0.29, 0.717) is 11.1 Å². The number of aromatic nitrogens is 3. The lowest BCUT2D eigenvalue weighted by Crippen LogP contribution is -2.50. The van der Waals surface area contributed by atoms with Gasteiger partial charge in [0.15, 0.2) is 0 Å². The molecule has 0 radical (unpaired) electrons. The molecular weight excluding hydrogens is 398 g/mol. The first-order valence-corrected chi connectivity index (χ1v) is 10.9. The number of anilines is 1. The molecular formula is C23H28ClN5O. The summed E-state index contributed by atoms with van der Waals surface area (Å²) in [4.78, 5) is 17.4. The Hall–Kier alpha value is -2.41. The van der Waals surface area contributed by atoms with Crippen LogP contribution in [0.25, 0.3) is 22.6 Å². The highest BCUT2D eigenvalue weighted by atomic mass is 35.5. The molecule has 1 aromatic carbocycles. The maximum Gasteiger partial charge on any atom is 0.137 e. The smallest absolute Gasteiger partial charge is 0.137 e. The molecule has 1 atom stereocenters. The Balaban J connectivity index is 1.46. The number of benzene rings is 1. The predicted octanol–water partition coefficient (Wildman–Crippen LogP) is 4.08. The van der Waals surface area contributed by atoms with Gasteiger partial charge in [-0.05, 0) is 37.1 Å². The van der Waals surface area contributed by atoms with Crippen molar-refractivity contribution in [3.05, 3.63) is 53.8 Å². The fourth-order valence-corrected chi connectivity index (χ4v) is 4.31. The van der Waals surface area contributed by atoms with Crippen LogP contribution in [0.3, 0.4) is 0 Å². The van der Waals surface area contributed by atoms with Gasteiger partial charge >= 0.3 is 0 Å². The van der Waals surface area contributed by atoms with Crippen LogP contribution in [0, 0.1) is 0 Å². The molecule has 0 aliphatic carbocycles. The highest BCUT2D eigenvalue weighted by molar-refractivity contribution is 6.30. The summed E-state index contributed by atoms with van der Waals surface area (Å²) in [6.07, 6.45) is 5.60. The molecule has 6 nitrogen and oxygen atoms in total. The number of H-pyrrole nitrogens is 1. The van der Waals surface area contributed by atoms with Crippen molar-refractivity contribution in [1.29, 1.82) is 0 Å². The average Bonchev–Trinajstić information content (AvgIpc) is 3.28. The Morgan fingerprint density at radius 1 is 1.10 bits per heavy atom. The van der Waals surface area contributed by atoms with Crippen LogP contribution < -0.4 is 4.90 Å². The van der Waals surface area contributed by atoms with E-state index in [2.05, 4.69) is 37.7 Å². The largest absolute Gasteiger partial charge is 0.396 e. The number of aliphatic hydroxyl groups excluding tert-OH is 1.